The van der Waals surface area contributed by atoms with E-state index in [9.17, 15) is 0 Å². The molecule has 1 aromatic rings. The molecule has 0 bridgehead atoms. The maximum absolute atomic E-state index is 3.69. The molecule has 0 saturated heterocycles. The Hall–Kier alpha value is 0.140. The zero-order chi connectivity index (χ0) is 13.8. The summed E-state index contributed by atoms with van der Waals surface area (Å²) in [5.41, 5.74) is 1.79. The Kier molecular flexibility index (Phi) is 6.36. The number of thiophene rings is 1. The highest BCUT2D eigenvalue weighted by atomic mass is 79.9. The molecule has 0 saturated carbocycles. The fourth-order valence-corrected chi connectivity index (χ4v) is 3.51. The van der Waals surface area contributed by atoms with Crippen molar-refractivity contribution in [2.45, 2.75) is 53.5 Å². The largest absolute Gasteiger partial charge is 0.310 e. The van der Waals surface area contributed by atoms with Crippen LogP contribution < -0.4 is 5.32 Å². The van der Waals surface area contributed by atoms with E-state index < -0.39 is 0 Å². The Balaban J connectivity index is 2.77. The zero-order valence-electron chi connectivity index (χ0n) is 12.2. The third kappa shape index (κ3) is 4.67. The van der Waals surface area contributed by atoms with Crippen molar-refractivity contribution in [2.75, 3.05) is 6.54 Å². The molecule has 1 heterocycles. The molecular weight excluding hydrogens is 306 g/mol. The first kappa shape index (κ1) is 16.2. The molecular formula is C15H26BrNS. The maximum Gasteiger partial charge on any atom is 0.0342 e. The molecule has 0 aliphatic heterocycles. The van der Waals surface area contributed by atoms with Gasteiger partial charge in [0.25, 0.3) is 0 Å². The molecule has 0 amide bonds. The van der Waals surface area contributed by atoms with Crippen LogP contribution in [-0.4, -0.2) is 6.54 Å². The lowest BCUT2D eigenvalue weighted by atomic mass is 9.78. The van der Waals surface area contributed by atoms with Gasteiger partial charge in [-0.25, -0.2) is 0 Å². The lowest BCUT2D eigenvalue weighted by Crippen LogP contribution is -2.28. The summed E-state index contributed by atoms with van der Waals surface area (Å²) >= 11 is 5.45. The SMILES string of the molecule is CCCNC(CC(C)C(C)(C)C)c1cscc1Br. The van der Waals surface area contributed by atoms with Gasteiger partial charge in [-0.05, 0) is 57.6 Å². The van der Waals surface area contributed by atoms with Crippen LogP contribution in [0.4, 0.5) is 0 Å². The summed E-state index contributed by atoms with van der Waals surface area (Å²) in [6, 6.07) is 0.472. The Bertz CT molecular complexity index is 354. The highest BCUT2D eigenvalue weighted by Gasteiger charge is 2.25. The van der Waals surface area contributed by atoms with E-state index in [2.05, 4.69) is 66.6 Å². The van der Waals surface area contributed by atoms with Crippen molar-refractivity contribution in [3.63, 3.8) is 0 Å². The Morgan fingerprint density at radius 1 is 1.33 bits per heavy atom. The lowest BCUT2D eigenvalue weighted by Gasteiger charge is -2.31. The quantitative estimate of drug-likeness (QED) is 0.712. The molecule has 3 heteroatoms. The van der Waals surface area contributed by atoms with Crippen LogP contribution in [0, 0.1) is 11.3 Å². The fourth-order valence-electron chi connectivity index (χ4n) is 1.89. The summed E-state index contributed by atoms with van der Waals surface area (Å²) in [6.45, 7) is 12.7. The average molecular weight is 332 g/mol. The Morgan fingerprint density at radius 2 is 2.00 bits per heavy atom. The van der Waals surface area contributed by atoms with Crippen molar-refractivity contribution in [2.24, 2.45) is 11.3 Å². The number of rotatable bonds is 6. The molecule has 0 aromatic carbocycles. The van der Waals surface area contributed by atoms with Gasteiger partial charge < -0.3 is 5.32 Å². The molecule has 0 fully saturated rings. The number of hydrogen-bond acceptors (Lipinski definition) is 2. The van der Waals surface area contributed by atoms with E-state index in [0.717, 1.165) is 6.54 Å². The van der Waals surface area contributed by atoms with Crippen LogP contribution in [-0.2, 0) is 0 Å². The van der Waals surface area contributed by atoms with E-state index in [4.69, 9.17) is 0 Å². The molecule has 0 aliphatic carbocycles. The van der Waals surface area contributed by atoms with E-state index in [-0.39, 0.29) is 0 Å². The predicted octanol–water partition coefficient (Wildman–Crippen LogP) is 5.62. The summed E-state index contributed by atoms with van der Waals surface area (Å²) < 4.78 is 1.25. The van der Waals surface area contributed by atoms with E-state index >= 15 is 0 Å². The highest BCUT2D eigenvalue weighted by molar-refractivity contribution is 9.10. The molecule has 0 aliphatic rings. The minimum absolute atomic E-state index is 0.370. The molecule has 1 N–H and O–H groups in total. The third-order valence-electron chi connectivity index (χ3n) is 3.73. The van der Waals surface area contributed by atoms with Gasteiger partial charge in [-0.15, -0.1) is 0 Å². The van der Waals surface area contributed by atoms with Gasteiger partial charge in [0.05, 0.1) is 0 Å². The molecule has 1 nitrogen and oxygen atoms in total. The molecule has 1 aromatic heterocycles. The van der Waals surface area contributed by atoms with Crippen molar-refractivity contribution in [1.82, 2.24) is 5.32 Å². The summed E-state index contributed by atoms with van der Waals surface area (Å²) in [6.07, 6.45) is 2.38. The minimum Gasteiger partial charge on any atom is -0.310 e. The Labute approximate surface area is 125 Å². The van der Waals surface area contributed by atoms with E-state index in [1.54, 1.807) is 11.3 Å². The van der Waals surface area contributed by atoms with E-state index in [1.165, 1.54) is 22.9 Å². The van der Waals surface area contributed by atoms with Crippen LogP contribution in [0.2, 0.25) is 0 Å². The van der Waals surface area contributed by atoms with Crippen molar-refractivity contribution in [1.29, 1.82) is 0 Å². The normalized spacial score (nSPS) is 15.7. The summed E-state index contributed by atoms with van der Waals surface area (Å²) in [4.78, 5) is 0. The predicted molar refractivity (Wildman–Crippen MR) is 86.3 cm³/mol. The second-order valence-electron chi connectivity index (χ2n) is 6.18. The molecule has 2 atom stereocenters. The molecule has 0 spiro atoms. The average Bonchev–Trinajstić information content (AvgIpc) is 2.69. The maximum atomic E-state index is 3.69. The van der Waals surface area contributed by atoms with Gasteiger partial charge in [0.15, 0.2) is 0 Å². The highest BCUT2D eigenvalue weighted by Crippen LogP contribution is 2.36. The number of nitrogens with one attached hydrogen (secondary N) is 1. The summed E-state index contributed by atoms with van der Waals surface area (Å²) in [5.74, 6) is 0.693. The van der Waals surface area contributed by atoms with Gasteiger partial charge in [0, 0.05) is 15.9 Å². The zero-order valence-corrected chi connectivity index (χ0v) is 14.6. The van der Waals surface area contributed by atoms with Crippen LogP contribution in [0.3, 0.4) is 0 Å². The van der Waals surface area contributed by atoms with Crippen LogP contribution in [0.25, 0.3) is 0 Å². The van der Waals surface area contributed by atoms with Crippen LogP contribution >= 0.6 is 27.3 Å². The van der Waals surface area contributed by atoms with Crippen molar-refractivity contribution in [3.05, 3.63) is 20.8 Å². The third-order valence-corrected chi connectivity index (χ3v) is 5.48. The van der Waals surface area contributed by atoms with Gasteiger partial charge in [0.1, 0.15) is 0 Å². The topological polar surface area (TPSA) is 12.0 Å². The van der Waals surface area contributed by atoms with Crippen molar-refractivity contribution >= 4 is 27.3 Å². The number of hydrogen-bond donors (Lipinski definition) is 1. The van der Waals surface area contributed by atoms with Crippen molar-refractivity contribution in [3.8, 4) is 0 Å². The smallest absolute Gasteiger partial charge is 0.0342 e. The number of halogens is 1. The second-order valence-corrected chi connectivity index (χ2v) is 7.78. The van der Waals surface area contributed by atoms with Crippen LogP contribution in [0.15, 0.2) is 15.2 Å². The van der Waals surface area contributed by atoms with E-state index in [1.807, 2.05) is 0 Å². The van der Waals surface area contributed by atoms with Crippen LogP contribution in [0.1, 0.15) is 59.1 Å². The van der Waals surface area contributed by atoms with Gasteiger partial charge in [0.2, 0.25) is 0 Å². The fraction of sp³-hybridized carbons (Fsp3) is 0.733. The van der Waals surface area contributed by atoms with Crippen molar-refractivity contribution < 1.29 is 0 Å². The molecule has 104 valence electrons. The first-order valence-electron chi connectivity index (χ1n) is 6.81. The van der Waals surface area contributed by atoms with Gasteiger partial charge >= 0.3 is 0 Å². The minimum atomic E-state index is 0.370. The summed E-state index contributed by atoms with van der Waals surface area (Å²) in [7, 11) is 0. The monoisotopic (exact) mass is 331 g/mol. The van der Waals surface area contributed by atoms with Gasteiger partial charge in [-0.3, -0.25) is 0 Å². The first-order chi connectivity index (χ1) is 8.36. The summed E-state index contributed by atoms with van der Waals surface area (Å²) in [5, 5.41) is 8.14. The lowest BCUT2D eigenvalue weighted by molar-refractivity contribution is 0.223. The molecule has 0 radical (unpaired) electrons. The van der Waals surface area contributed by atoms with E-state index in [0.29, 0.717) is 17.4 Å². The Morgan fingerprint density at radius 3 is 2.44 bits per heavy atom. The molecule has 18 heavy (non-hydrogen) atoms. The molecule has 1 rings (SSSR count). The molecule has 2 unspecified atom stereocenters. The van der Waals surface area contributed by atoms with Gasteiger partial charge in [-0.2, -0.15) is 11.3 Å². The van der Waals surface area contributed by atoms with Gasteiger partial charge in [-0.1, -0.05) is 34.6 Å². The first-order valence-corrected chi connectivity index (χ1v) is 8.54. The standard InChI is InChI=1S/C15H26BrNS/c1-6-7-17-14(8-11(2)15(3,4)5)12-9-18-10-13(12)16/h9-11,14,17H,6-8H2,1-5H3. The second kappa shape index (κ2) is 7.06. The van der Waals surface area contributed by atoms with Crippen LogP contribution in [0.5, 0.6) is 0 Å².